The van der Waals surface area contributed by atoms with Gasteiger partial charge in [0.25, 0.3) is 11.1 Å². The SMILES string of the molecule is Cc1ccc([P+](CCCCCC(=O)Nc2cccc3c(=O)[nH][nH]c(=O)c23)(c2ccc(C)cc2)c2ccc(C)cc2)cc1.[Br-]. The average Bonchev–Trinajstić information content (AvgIpc) is 2.99. The zero-order valence-corrected chi connectivity index (χ0v) is 27.2. The summed E-state index contributed by atoms with van der Waals surface area (Å²) in [4.78, 5) is 37.3. The van der Waals surface area contributed by atoms with Crippen LogP contribution in [0.3, 0.4) is 0 Å². The fourth-order valence-electron chi connectivity index (χ4n) is 5.59. The van der Waals surface area contributed by atoms with Crippen LogP contribution in [0.15, 0.2) is 101 Å². The number of rotatable bonds is 10. The first-order valence-corrected chi connectivity index (χ1v) is 16.4. The first-order chi connectivity index (χ1) is 20.3. The molecule has 8 heteroatoms. The number of amides is 1. The molecule has 3 N–H and O–H groups in total. The molecule has 5 rings (SSSR count). The summed E-state index contributed by atoms with van der Waals surface area (Å²) in [5.41, 5.74) is 3.25. The number of carbonyl (C=O) groups is 1. The summed E-state index contributed by atoms with van der Waals surface area (Å²) in [5, 5.41) is 12.1. The van der Waals surface area contributed by atoms with Gasteiger partial charge in [-0.3, -0.25) is 24.6 Å². The van der Waals surface area contributed by atoms with Gasteiger partial charge in [-0.25, -0.2) is 0 Å². The largest absolute Gasteiger partial charge is 1.00 e. The van der Waals surface area contributed by atoms with Gasteiger partial charge in [0.05, 0.1) is 22.6 Å². The minimum absolute atomic E-state index is 0. The lowest BCUT2D eigenvalue weighted by Gasteiger charge is -2.28. The second-order valence-corrected chi connectivity index (χ2v) is 14.7. The van der Waals surface area contributed by atoms with Crippen molar-refractivity contribution in [2.75, 3.05) is 11.5 Å². The normalized spacial score (nSPS) is 11.2. The molecule has 5 aromatic rings. The quantitative estimate of drug-likeness (QED) is 0.159. The Bertz CT molecular complexity index is 1700. The number of nitrogens with one attached hydrogen (secondary N) is 3. The molecule has 0 aliphatic heterocycles. The number of aromatic amines is 2. The zero-order chi connectivity index (χ0) is 29.7. The summed E-state index contributed by atoms with van der Waals surface area (Å²) in [6.45, 7) is 6.37. The van der Waals surface area contributed by atoms with Crippen molar-refractivity contribution in [3.63, 3.8) is 0 Å². The van der Waals surface area contributed by atoms with Gasteiger partial charge in [-0.1, -0.05) is 59.2 Å². The number of aromatic nitrogens is 2. The highest BCUT2D eigenvalue weighted by Gasteiger charge is 2.44. The van der Waals surface area contributed by atoms with Gasteiger partial charge in [-0.2, -0.15) is 0 Å². The van der Waals surface area contributed by atoms with Gasteiger partial charge in [0.15, 0.2) is 0 Å². The van der Waals surface area contributed by atoms with Crippen molar-refractivity contribution < 1.29 is 21.8 Å². The fourth-order valence-corrected chi connectivity index (χ4v) is 9.93. The molecule has 1 amide bonds. The van der Waals surface area contributed by atoms with E-state index in [1.165, 1.54) is 32.6 Å². The summed E-state index contributed by atoms with van der Waals surface area (Å²) < 4.78 is 0. The van der Waals surface area contributed by atoms with E-state index >= 15 is 0 Å². The van der Waals surface area contributed by atoms with Crippen molar-refractivity contribution in [1.29, 1.82) is 0 Å². The Morgan fingerprint density at radius 1 is 0.651 bits per heavy atom. The molecule has 0 fully saturated rings. The first kappa shape index (κ1) is 32.1. The van der Waals surface area contributed by atoms with Crippen molar-refractivity contribution in [2.45, 2.75) is 46.5 Å². The number of aryl methyl sites for hydroxylation is 3. The van der Waals surface area contributed by atoms with Gasteiger partial charge < -0.3 is 22.3 Å². The Morgan fingerprint density at radius 3 is 1.65 bits per heavy atom. The number of H-pyrrole nitrogens is 2. The molecule has 0 bridgehead atoms. The maximum atomic E-state index is 12.9. The van der Waals surface area contributed by atoms with Gasteiger partial charge in [0, 0.05) is 6.42 Å². The molecule has 0 atom stereocenters. The highest BCUT2D eigenvalue weighted by atomic mass is 79.9. The Hall–Kier alpha value is -3.80. The summed E-state index contributed by atoms with van der Waals surface area (Å²) in [7, 11) is -1.94. The van der Waals surface area contributed by atoms with Gasteiger partial charge >= 0.3 is 0 Å². The number of halogens is 1. The summed E-state index contributed by atoms with van der Waals surface area (Å²) in [6.07, 6.45) is 3.94. The lowest BCUT2D eigenvalue weighted by Crippen LogP contribution is -3.00. The maximum Gasteiger partial charge on any atom is 0.272 e. The fraction of sp³-hybridized carbons (Fsp3) is 0.229. The molecule has 0 saturated heterocycles. The van der Waals surface area contributed by atoms with Crippen LogP contribution in [0.4, 0.5) is 5.69 Å². The summed E-state index contributed by atoms with van der Waals surface area (Å²) in [5.74, 6) is -0.168. The predicted molar refractivity (Wildman–Crippen MR) is 177 cm³/mol. The van der Waals surface area contributed by atoms with E-state index in [-0.39, 0.29) is 33.7 Å². The maximum absolute atomic E-state index is 12.9. The summed E-state index contributed by atoms with van der Waals surface area (Å²) in [6, 6.07) is 31.9. The van der Waals surface area contributed by atoms with Crippen LogP contribution in [0, 0.1) is 20.8 Å². The average molecular weight is 659 g/mol. The third-order valence-corrected chi connectivity index (χ3v) is 12.4. The number of benzene rings is 4. The van der Waals surface area contributed by atoms with Crippen LogP contribution in [0.2, 0.25) is 0 Å². The second-order valence-electron chi connectivity index (χ2n) is 11.0. The molecule has 0 aliphatic carbocycles. The molecular weight excluding hydrogens is 621 g/mol. The predicted octanol–water partition coefficient (Wildman–Crippen LogP) is 2.64. The number of hydrogen-bond donors (Lipinski definition) is 3. The number of carbonyl (C=O) groups excluding carboxylic acids is 1. The smallest absolute Gasteiger partial charge is 0.272 e. The van der Waals surface area contributed by atoms with Crippen LogP contribution in [0.25, 0.3) is 10.8 Å². The molecule has 1 aromatic heterocycles. The molecular formula is C35H37BrN3O3P. The molecule has 0 saturated carbocycles. The Labute approximate surface area is 263 Å². The van der Waals surface area contributed by atoms with E-state index in [2.05, 4.69) is 109 Å². The lowest BCUT2D eigenvalue weighted by molar-refractivity contribution is -0.116. The molecule has 0 spiro atoms. The van der Waals surface area contributed by atoms with E-state index in [9.17, 15) is 14.4 Å². The molecule has 1 heterocycles. The molecule has 6 nitrogen and oxygen atoms in total. The van der Waals surface area contributed by atoms with E-state index < -0.39 is 18.4 Å². The first-order valence-electron chi connectivity index (χ1n) is 14.4. The highest BCUT2D eigenvalue weighted by Crippen LogP contribution is 2.56. The Balaban J connectivity index is 0.00000423. The molecule has 222 valence electrons. The van der Waals surface area contributed by atoms with E-state index in [1.807, 2.05) is 0 Å². The minimum Gasteiger partial charge on any atom is -1.00 e. The Morgan fingerprint density at radius 2 is 1.14 bits per heavy atom. The highest BCUT2D eigenvalue weighted by molar-refractivity contribution is 7.95. The van der Waals surface area contributed by atoms with Crippen LogP contribution >= 0.6 is 7.26 Å². The monoisotopic (exact) mass is 657 g/mol. The Kier molecular flexibility index (Phi) is 10.5. The van der Waals surface area contributed by atoms with Crippen molar-refractivity contribution in [3.8, 4) is 0 Å². The molecule has 0 unspecified atom stereocenters. The van der Waals surface area contributed by atoms with Crippen LogP contribution in [0.1, 0.15) is 42.4 Å². The van der Waals surface area contributed by atoms with Crippen molar-refractivity contribution in [1.82, 2.24) is 10.2 Å². The van der Waals surface area contributed by atoms with Crippen LogP contribution < -0.4 is 49.3 Å². The van der Waals surface area contributed by atoms with Gasteiger partial charge in [0.2, 0.25) is 5.91 Å². The summed E-state index contributed by atoms with van der Waals surface area (Å²) >= 11 is 0. The second kappa shape index (κ2) is 14.1. The molecule has 43 heavy (non-hydrogen) atoms. The van der Waals surface area contributed by atoms with Crippen LogP contribution in [0.5, 0.6) is 0 Å². The van der Waals surface area contributed by atoms with Gasteiger partial charge in [-0.15, -0.1) is 0 Å². The van der Waals surface area contributed by atoms with Gasteiger partial charge in [0.1, 0.15) is 23.2 Å². The molecule has 0 aliphatic rings. The van der Waals surface area contributed by atoms with Crippen molar-refractivity contribution >= 4 is 45.5 Å². The van der Waals surface area contributed by atoms with Crippen LogP contribution in [-0.4, -0.2) is 22.3 Å². The van der Waals surface area contributed by atoms with Crippen LogP contribution in [-0.2, 0) is 4.79 Å². The standard InChI is InChI=1S/C35H36N3O3P.BrH/c1-24-11-17-27(18-12-24)42(28-19-13-25(2)14-20-28,29-21-15-26(3)16-22-29)23-6-4-5-10-32(39)36-31-9-7-8-30-33(31)35(41)38-37-34(30)40;/h7-9,11-22H,4-6,10,23H2,1-3H3,(H2-,36,37,38,39,40,41);1H. The number of unbranched alkanes of at least 4 members (excludes halogenated alkanes) is 2. The number of anilines is 1. The number of hydrogen-bond acceptors (Lipinski definition) is 3. The van der Waals surface area contributed by atoms with Crippen molar-refractivity contribution in [3.05, 3.63) is 128 Å². The van der Waals surface area contributed by atoms with E-state index in [0.717, 1.165) is 25.4 Å². The van der Waals surface area contributed by atoms with E-state index in [4.69, 9.17) is 0 Å². The molecule has 0 radical (unpaired) electrons. The number of fused-ring (bicyclic) bond motifs is 1. The van der Waals surface area contributed by atoms with E-state index in [1.54, 1.807) is 18.2 Å². The third-order valence-electron chi connectivity index (χ3n) is 7.92. The minimum atomic E-state index is -1.94. The van der Waals surface area contributed by atoms with E-state index in [0.29, 0.717) is 12.1 Å². The third kappa shape index (κ3) is 7.06. The van der Waals surface area contributed by atoms with Crippen molar-refractivity contribution in [2.24, 2.45) is 0 Å². The zero-order valence-electron chi connectivity index (χ0n) is 24.7. The lowest BCUT2D eigenvalue weighted by atomic mass is 10.1. The van der Waals surface area contributed by atoms with Gasteiger partial charge in [-0.05, 0) is 88.6 Å². The molecule has 4 aromatic carbocycles. The topological polar surface area (TPSA) is 94.8 Å².